The summed E-state index contributed by atoms with van der Waals surface area (Å²) in [6.07, 6.45) is 3.54. The molecule has 1 N–H and O–H groups in total. The van der Waals surface area contributed by atoms with Crippen molar-refractivity contribution in [3.05, 3.63) is 18.2 Å². The van der Waals surface area contributed by atoms with E-state index in [-0.39, 0.29) is 11.9 Å². The van der Waals surface area contributed by atoms with Crippen LogP contribution in [0.5, 0.6) is 0 Å². The molecule has 0 spiro atoms. The van der Waals surface area contributed by atoms with Crippen molar-refractivity contribution in [2.75, 3.05) is 13.6 Å². The lowest BCUT2D eigenvalue weighted by Crippen LogP contribution is -2.34. The van der Waals surface area contributed by atoms with Crippen molar-refractivity contribution in [1.82, 2.24) is 19.8 Å². The van der Waals surface area contributed by atoms with Gasteiger partial charge in [0.05, 0.1) is 12.0 Å². The second-order valence-corrected chi connectivity index (χ2v) is 4.86. The molecular formula is C13H24N4O. The molecule has 18 heavy (non-hydrogen) atoms. The molecule has 5 heteroatoms. The number of hydrogen-bond acceptors (Lipinski definition) is 3. The third kappa shape index (κ3) is 3.57. The van der Waals surface area contributed by atoms with Crippen molar-refractivity contribution in [3.8, 4) is 0 Å². The number of amides is 1. The summed E-state index contributed by atoms with van der Waals surface area (Å²) in [6, 6.07) is 0.207. The first-order valence-electron chi connectivity index (χ1n) is 6.46. The highest BCUT2D eigenvalue weighted by Crippen LogP contribution is 2.12. The van der Waals surface area contributed by atoms with Crippen LogP contribution in [0, 0.1) is 0 Å². The van der Waals surface area contributed by atoms with Gasteiger partial charge in [0.1, 0.15) is 6.04 Å². The summed E-state index contributed by atoms with van der Waals surface area (Å²) in [4.78, 5) is 18.0. The van der Waals surface area contributed by atoms with E-state index in [0.717, 1.165) is 18.8 Å². The van der Waals surface area contributed by atoms with Gasteiger partial charge in [0.2, 0.25) is 5.91 Å². The predicted molar refractivity (Wildman–Crippen MR) is 72.2 cm³/mol. The Bertz CT molecular complexity index is 386. The molecule has 1 unspecified atom stereocenters. The fourth-order valence-electron chi connectivity index (χ4n) is 1.72. The van der Waals surface area contributed by atoms with E-state index in [1.54, 1.807) is 11.2 Å². The maximum absolute atomic E-state index is 12.1. The molecule has 102 valence electrons. The quantitative estimate of drug-likeness (QED) is 0.833. The van der Waals surface area contributed by atoms with Gasteiger partial charge in [-0.05, 0) is 13.8 Å². The SMILES string of the molecule is CCN(C)C(=O)C(C)n1cncc1CNC(C)C. The third-order valence-corrected chi connectivity index (χ3v) is 3.06. The first-order valence-corrected chi connectivity index (χ1v) is 6.46. The number of likely N-dealkylation sites (N-methyl/N-ethyl adjacent to an activating group) is 1. The monoisotopic (exact) mass is 252 g/mol. The molecule has 1 atom stereocenters. The van der Waals surface area contributed by atoms with Crippen molar-refractivity contribution in [2.45, 2.75) is 46.3 Å². The molecule has 1 aromatic heterocycles. The Balaban J connectivity index is 2.77. The summed E-state index contributed by atoms with van der Waals surface area (Å²) in [5.74, 6) is 0.112. The van der Waals surface area contributed by atoms with Crippen LogP contribution >= 0.6 is 0 Å². The molecular weight excluding hydrogens is 228 g/mol. The second-order valence-electron chi connectivity index (χ2n) is 4.86. The van der Waals surface area contributed by atoms with Gasteiger partial charge in [0, 0.05) is 32.4 Å². The van der Waals surface area contributed by atoms with E-state index < -0.39 is 0 Å². The van der Waals surface area contributed by atoms with Crippen molar-refractivity contribution in [2.24, 2.45) is 0 Å². The number of rotatable bonds is 6. The number of imidazole rings is 1. The van der Waals surface area contributed by atoms with Crippen molar-refractivity contribution in [3.63, 3.8) is 0 Å². The number of aromatic nitrogens is 2. The highest BCUT2D eigenvalue weighted by atomic mass is 16.2. The number of hydrogen-bond donors (Lipinski definition) is 1. The van der Waals surface area contributed by atoms with Gasteiger partial charge in [-0.2, -0.15) is 0 Å². The fraction of sp³-hybridized carbons (Fsp3) is 0.692. The summed E-state index contributed by atoms with van der Waals surface area (Å²) in [7, 11) is 1.82. The van der Waals surface area contributed by atoms with Crippen LogP contribution in [0.2, 0.25) is 0 Å². The number of carbonyl (C=O) groups excluding carboxylic acids is 1. The van der Waals surface area contributed by atoms with Gasteiger partial charge in [-0.15, -0.1) is 0 Å². The van der Waals surface area contributed by atoms with Crippen LogP contribution in [-0.2, 0) is 11.3 Å². The normalized spacial score (nSPS) is 12.8. The molecule has 1 heterocycles. The van der Waals surface area contributed by atoms with Crippen LogP contribution in [0.3, 0.4) is 0 Å². The molecule has 0 saturated heterocycles. The summed E-state index contributed by atoms with van der Waals surface area (Å²) in [5, 5.41) is 3.34. The zero-order chi connectivity index (χ0) is 13.7. The smallest absolute Gasteiger partial charge is 0.245 e. The first kappa shape index (κ1) is 14.7. The van der Waals surface area contributed by atoms with Crippen LogP contribution < -0.4 is 5.32 Å². The second kappa shape index (κ2) is 6.54. The zero-order valence-electron chi connectivity index (χ0n) is 12.0. The molecule has 5 nitrogen and oxygen atoms in total. The molecule has 0 fully saturated rings. The minimum atomic E-state index is -0.207. The Morgan fingerprint density at radius 3 is 2.72 bits per heavy atom. The van der Waals surface area contributed by atoms with Crippen molar-refractivity contribution < 1.29 is 4.79 Å². The van der Waals surface area contributed by atoms with E-state index in [0.29, 0.717) is 6.04 Å². The van der Waals surface area contributed by atoms with Crippen LogP contribution in [-0.4, -0.2) is 40.0 Å². The molecule has 1 aromatic rings. The fourth-order valence-corrected chi connectivity index (χ4v) is 1.72. The van der Waals surface area contributed by atoms with E-state index in [9.17, 15) is 4.79 Å². The summed E-state index contributed by atoms with van der Waals surface area (Å²) in [5.41, 5.74) is 1.04. The van der Waals surface area contributed by atoms with E-state index in [1.165, 1.54) is 0 Å². The lowest BCUT2D eigenvalue weighted by Gasteiger charge is -2.22. The average molecular weight is 252 g/mol. The molecule has 0 aliphatic rings. The highest BCUT2D eigenvalue weighted by molar-refractivity contribution is 5.79. The maximum Gasteiger partial charge on any atom is 0.245 e. The lowest BCUT2D eigenvalue weighted by atomic mass is 10.2. The number of carbonyl (C=O) groups is 1. The van der Waals surface area contributed by atoms with Crippen LogP contribution in [0.4, 0.5) is 0 Å². The zero-order valence-corrected chi connectivity index (χ0v) is 12.0. The minimum absolute atomic E-state index is 0.112. The summed E-state index contributed by atoms with van der Waals surface area (Å²) >= 11 is 0. The van der Waals surface area contributed by atoms with Crippen LogP contribution in [0.25, 0.3) is 0 Å². The van der Waals surface area contributed by atoms with E-state index in [1.807, 2.05) is 31.7 Å². The van der Waals surface area contributed by atoms with Gasteiger partial charge in [-0.3, -0.25) is 4.79 Å². The Labute approximate surface area is 109 Å². The van der Waals surface area contributed by atoms with Gasteiger partial charge in [-0.1, -0.05) is 13.8 Å². The van der Waals surface area contributed by atoms with Gasteiger partial charge in [0.25, 0.3) is 0 Å². The Morgan fingerprint density at radius 2 is 2.17 bits per heavy atom. The van der Waals surface area contributed by atoms with Crippen molar-refractivity contribution >= 4 is 5.91 Å². The Hall–Kier alpha value is -1.36. The molecule has 0 radical (unpaired) electrons. The lowest BCUT2D eigenvalue weighted by molar-refractivity contribution is -0.132. The molecule has 0 bridgehead atoms. The summed E-state index contributed by atoms with van der Waals surface area (Å²) < 4.78 is 1.93. The van der Waals surface area contributed by atoms with Gasteiger partial charge < -0.3 is 14.8 Å². The Kier molecular flexibility index (Phi) is 5.34. The van der Waals surface area contributed by atoms with Gasteiger partial charge >= 0.3 is 0 Å². The highest BCUT2D eigenvalue weighted by Gasteiger charge is 2.19. The maximum atomic E-state index is 12.1. The molecule has 1 rings (SSSR count). The first-order chi connectivity index (χ1) is 8.47. The average Bonchev–Trinajstić information content (AvgIpc) is 2.81. The molecule has 0 aliphatic heterocycles. The van der Waals surface area contributed by atoms with E-state index in [4.69, 9.17) is 0 Å². The Morgan fingerprint density at radius 1 is 1.50 bits per heavy atom. The molecule has 0 aliphatic carbocycles. The standard InChI is InChI=1S/C13H24N4O/c1-6-16(5)13(18)11(4)17-9-14-7-12(17)8-15-10(2)3/h7,9-11,15H,6,8H2,1-5H3. The predicted octanol–water partition coefficient (Wildman–Crippen LogP) is 1.42. The molecule has 0 aromatic carbocycles. The number of nitrogens with zero attached hydrogens (tertiary/aromatic N) is 3. The molecule has 1 amide bonds. The summed E-state index contributed by atoms with van der Waals surface area (Å²) in [6.45, 7) is 9.53. The largest absolute Gasteiger partial charge is 0.344 e. The van der Waals surface area contributed by atoms with Crippen LogP contribution in [0.1, 0.15) is 39.4 Å². The topological polar surface area (TPSA) is 50.2 Å². The number of nitrogens with one attached hydrogen (secondary N) is 1. The van der Waals surface area contributed by atoms with Crippen LogP contribution in [0.15, 0.2) is 12.5 Å². The van der Waals surface area contributed by atoms with Gasteiger partial charge in [-0.25, -0.2) is 4.98 Å². The van der Waals surface area contributed by atoms with E-state index in [2.05, 4.69) is 24.1 Å². The third-order valence-electron chi connectivity index (χ3n) is 3.06. The van der Waals surface area contributed by atoms with Gasteiger partial charge in [0.15, 0.2) is 0 Å². The van der Waals surface area contributed by atoms with Crippen molar-refractivity contribution in [1.29, 1.82) is 0 Å². The molecule has 0 saturated carbocycles. The minimum Gasteiger partial charge on any atom is -0.344 e. The van der Waals surface area contributed by atoms with E-state index >= 15 is 0 Å².